The van der Waals surface area contributed by atoms with E-state index in [4.69, 9.17) is 39.5 Å². The smallest absolute Gasteiger partial charge is 0.419 e. The van der Waals surface area contributed by atoms with Gasteiger partial charge < -0.3 is 10.1 Å². The Morgan fingerprint density at radius 3 is 2.52 bits per heavy atom. The number of benzene rings is 1. The molecule has 0 unspecified atom stereocenters. The summed E-state index contributed by atoms with van der Waals surface area (Å²) in [7, 11) is 0. The molecular formula is C16H11Cl3F3N3O4. The van der Waals surface area contributed by atoms with Gasteiger partial charge in [0.25, 0.3) is 11.6 Å². The zero-order valence-corrected chi connectivity index (χ0v) is 16.5. The molecule has 0 aliphatic carbocycles. The van der Waals surface area contributed by atoms with Crippen LogP contribution in [-0.4, -0.2) is 29.0 Å². The number of alkyl halides is 3. The van der Waals surface area contributed by atoms with Crippen molar-refractivity contribution in [3.05, 3.63) is 60.7 Å². The molecule has 13 heteroatoms. The number of carbonyl (C=O) groups excluding carboxylic acids is 1. The van der Waals surface area contributed by atoms with Crippen molar-refractivity contribution < 1.29 is 27.6 Å². The van der Waals surface area contributed by atoms with E-state index in [0.717, 1.165) is 6.07 Å². The molecule has 1 aromatic heterocycles. The van der Waals surface area contributed by atoms with E-state index in [1.165, 1.54) is 12.1 Å². The Balaban J connectivity index is 1.89. The van der Waals surface area contributed by atoms with Gasteiger partial charge in [-0.2, -0.15) is 18.2 Å². The van der Waals surface area contributed by atoms with Gasteiger partial charge in [0.1, 0.15) is 10.2 Å². The Labute approximate surface area is 176 Å². The number of non-ortho nitro benzene ring substituents is 1. The van der Waals surface area contributed by atoms with Crippen LogP contribution in [0.2, 0.25) is 15.2 Å². The van der Waals surface area contributed by atoms with E-state index >= 15 is 0 Å². The second-order valence-corrected chi connectivity index (χ2v) is 6.66. The summed E-state index contributed by atoms with van der Waals surface area (Å²) in [6, 6.07) is 4.05. The molecule has 1 amide bonds. The van der Waals surface area contributed by atoms with Crippen LogP contribution in [-0.2, 0) is 6.18 Å². The van der Waals surface area contributed by atoms with Crippen LogP contribution < -0.4 is 10.1 Å². The van der Waals surface area contributed by atoms with Crippen molar-refractivity contribution in [2.75, 3.05) is 13.2 Å². The topological polar surface area (TPSA) is 94.4 Å². The van der Waals surface area contributed by atoms with Crippen LogP contribution in [0.1, 0.15) is 22.3 Å². The van der Waals surface area contributed by atoms with Gasteiger partial charge in [-0.1, -0.05) is 34.8 Å². The number of hydrogen-bond donors (Lipinski definition) is 1. The number of nitro groups is 1. The lowest BCUT2D eigenvalue weighted by molar-refractivity contribution is -0.384. The van der Waals surface area contributed by atoms with Crippen molar-refractivity contribution in [3.63, 3.8) is 0 Å². The molecule has 0 bridgehead atoms. The van der Waals surface area contributed by atoms with Crippen molar-refractivity contribution in [1.29, 1.82) is 0 Å². The maximum absolute atomic E-state index is 12.7. The fraction of sp³-hybridized carbons (Fsp3) is 0.250. The molecule has 0 aliphatic rings. The van der Waals surface area contributed by atoms with Crippen LogP contribution in [0, 0.1) is 10.1 Å². The molecule has 1 aromatic carbocycles. The third-order valence-electron chi connectivity index (χ3n) is 3.45. The molecule has 29 heavy (non-hydrogen) atoms. The minimum atomic E-state index is -4.70. The molecule has 0 saturated heterocycles. The molecule has 0 saturated carbocycles. The van der Waals surface area contributed by atoms with E-state index in [9.17, 15) is 28.1 Å². The largest absolute Gasteiger partial charge is 0.477 e. The molecular weight excluding hydrogens is 462 g/mol. The summed E-state index contributed by atoms with van der Waals surface area (Å²) in [5.41, 5.74) is -1.54. The Hall–Kier alpha value is -2.30. The molecule has 0 spiro atoms. The normalized spacial score (nSPS) is 11.2. The molecule has 7 nitrogen and oxygen atoms in total. The van der Waals surface area contributed by atoms with Gasteiger partial charge in [-0.05, 0) is 18.6 Å². The number of ether oxygens (including phenoxy) is 1. The monoisotopic (exact) mass is 471 g/mol. The first kappa shape index (κ1) is 23.0. The van der Waals surface area contributed by atoms with Crippen LogP contribution in [0.5, 0.6) is 5.88 Å². The summed E-state index contributed by atoms with van der Waals surface area (Å²) < 4.78 is 43.3. The quantitative estimate of drug-likeness (QED) is 0.260. The SMILES string of the molecule is O=C(NCCCOc1nc(Cl)c(C(F)(F)F)cc1Cl)c1cc([N+](=O)[O-])ccc1Cl. The van der Waals surface area contributed by atoms with Crippen LogP contribution in [0.25, 0.3) is 0 Å². The number of carbonyl (C=O) groups is 1. The van der Waals surface area contributed by atoms with Gasteiger partial charge in [0.05, 0.1) is 27.7 Å². The van der Waals surface area contributed by atoms with E-state index in [2.05, 4.69) is 10.3 Å². The predicted molar refractivity (Wildman–Crippen MR) is 99.8 cm³/mol. The maximum atomic E-state index is 12.7. The van der Waals surface area contributed by atoms with E-state index in [-0.39, 0.29) is 46.7 Å². The molecule has 0 atom stereocenters. The molecule has 0 fully saturated rings. The van der Waals surface area contributed by atoms with Gasteiger partial charge in [-0.3, -0.25) is 14.9 Å². The second-order valence-electron chi connectivity index (χ2n) is 5.49. The molecule has 0 aliphatic heterocycles. The highest BCUT2D eigenvalue weighted by atomic mass is 35.5. The number of aromatic nitrogens is 1. The minimum Gasteiger partial charge on any atom is -0.477 e. The van der Waals surface area contributed by atoms with Gasteiger partial charge in [0, 0.05) is 18.7 Å². The summed E-state index contributed by atoms with van der Waals surface area (Å²) in [6.07, 6.45) is -4.47. The first-order valence-electron chi connectivity index (χ1n) is 7.79. The minimum absolute atomic E-state index is 0.0414. The summed E-state index contributed by atoms with van der Waals surface area (Å²) in [5, 5.41) is 12.1. The van der Waals surface area contributed by atoms with Crippen LogP contribution >= 0.6 is 34.8 Å². The lowest BCUT2D eigenvalue weighted by atomic mass is 10.2. The Morgan fingerprint density at radius 1 is 1.21 bits per heavy atom. The maximum Gasteiger partial charge on any atom is 0.419 e. The van der Waals surface area contributed by atoms with E-state index in [0.29, 0.717) is 6.07 Å². The number of hydrogen-bond acceptors (Lipinski definition) is 5. The number of rotatable bonds is 7. The van der Waals surface area contributed by atoms with Crippen molar-refractivity contribution in [1.82, 2.24) is 10.3 Å². The summed E-state index contributed by atoms with van der Waals surface area (Å²) >= 11 is 17.1. The third kappa shape index (κ3) is 6.09. The fourth-order valence-electron chi connectivity index (χ4n) is 2.09. The van der Waals surface area contributed by atoms with Gasteiger partial charge in [0.2, 0.25) is 5.88 Å². The summed E-state index contributed by atoms with van der Waals surface area (Å²) in [5.74, 6) is -0.912. The number of pyridine rings is 1. The Morgan fingerprint density at radius 2 is 1.90 bits per heavy atom. The number of halogens is 6. The molecule has 1 heterocycles. The average molecular weight is 473 g/mol. The number of amides is 1. The van der Waals surface area contributed by atoms with Gasteiger partial charge in [0.15, 0.2) is 0 Å². The van der Waals surface area contributed by atoms with Crippen LogP contribution in [0.4, 0.5) is 18.9 Å². The average Bonchev–Trinajstić information content (AvgIpc) is 2.62. The standard InChI is InChI=1S/C16H11Cl3F3N3O4/c17-11-3-2-8(25(27)28)6-9(11)14(26)23-4-1-5-29-15-12(18)7-10(13(19)24-15)16(20,21)22/h2-3,6-7H,1,4-5H2,(H,23,26). The zero-order valence-electron chi connectivity index (χ0n) is 14.2. The van der Waals surface area contributed by atoms with Crippen molar-refractivity contribution in [2.45, 2.75) is 12.6 Å². The second kappa shape index (κ2) is 9.47. The van der Waals surface area contributed by atoms with E-state index in [1.807, 2.05) is 0 Å². The molecule has 1 N–H and O–H groups in total. The van der Waals surface area contributed by atoms with Gasteiger partial charge in [-0.25, -0.2) is 0 Å². The number of nitro benzene ring substituents is 1. The van der Waals surface area contributed by atoms with Gasteiger partial charge >= 0.3 is 6.18 Å². The lowest BCUT2D eigenvalue weighted by Crippen LogP contribution is -2.26. The van der Waals surface area contributed by atoms with E-state index in [1.54, 1.807) is 0 Å². The van der Waals surface area contributed by atoms with Crippen molar-refractivity contribution in [3.8, 4) is 5.88 Å². The lowest BCUT2D eigenvalue weighted by Gasteiger charge is -2.12. The predicted octanol–water partition coefficient (Wildman–Crippen LogP) is 5.17. The summed E-state index contributed by atoms with van der Waals surface area (Å²) in [4.78, 5) is 25.7. The Kier molecular flexibility index (Phi) is 7.50. The first-order valence-corrected chi connectivity index (χ1v) is 8.92. The van der Waals surface area contributed by atoms with Gasteiger partial charge in [-0.15, -0.1) is 0 Å². The molecule has 2 aromatic rings. The number of nitrogens with zero attached hydrogens (tertiary/aromatic N) is 2. The van der Waals surface area contributed by atoms with Crippen molar-refractivity contribution in [2.24, 2.45) is 0 Å². The highest BCUT2D eigenvalue weighted by molar-refractivity contribution is 6.34. The van der Waals surface area contributed by atoms with Crippen molar-refractivity contribution >= 4 is 46.4 Å². The zero-order chi connectivity index (χ0) is 21.8. The highest BCUT2D eigenvalue weighted by Gasteiger charge is 2.35. The molecule has 156 valence electrons. The number of nitrogens with one attached hydrogen (secondary N) is 1. The van der Waals surface area contributed by atoms with Crippen LogP contribution in [0.15, 0.2) is 24.3 Å². The molecule has 0 radical (unpaired) electrons. The van der Waals surface area contributed by atoms with E-state index < -0.39 is 27.7 Å². The fourth-order valence-corrected chi connectivity index (χ4v) is 2.74. The first-order chi connectivity index (χ1) is 13.5. The summed E-state index contributed by atoms with van der Waals surface area (Å²) in [6.45, 7) is 0.0429. The Bertz CT molecular complexity index is 942. The molecule has 2 rings (SSSR count). The van der Waals surface area contributed by atoms with Crippen LogP contribution in [0.3, 0.4) is 0 Å². The highest BCUT2D eigenvalue weighted by Crippen LogP contribution is 2.37. The third-order valence-corrected chi connectivity index (χ3v) is 4.34.